The maximum Gasteiger partial charge on any atom is 0.222 e. The summed E-state index contributed by atoms with van der Waals surface area (Å²) in [6.07, 6.45) is 0.871. The third-order valence-electron chi connectivity index (χ3n) is 3.64. The van der Waals surface area contributed by atoms with Crippen molar-refractivity contribution in [3.63, 3.8) is 0 Å². The first-order chi connectivity index (χ1) is 10.2. The zero-order valence-electron chi connectivity index (χ0n) is 12.3. The maximum absolute atomic E-state index is 11.6. The summed E-state index contributed by atoms with van der Waals surface area (Å²) in [5, 5.41) is 4.19. The minimum absolute atomic E-state index is 0.0512. The van der Waals surface area contributed by atoms with Crippen LogP contribution < -0.4 is 5.32 Å². The minimum atomic E-state index is -0.0512. The summed E-state index contributed by atoms with van der Waals surface area (Å²) in [6.45, 7) is 3.66. The van der Waals surface area contributed by atoms with E-state index < -0.39 is 0 Å². The Balaban J connectivity index is 2.37. The van der Waals surface area contributed by atoms with Crippen LogP contribution in [0.2, 0.25) is 0 Å². The number of nitrogens with one attached hydrogen (secondary N) is 1. The second-order valence-electron chi connectivity index (χ2n) is 5.05. The average Bonchev–Trinajstić information content (AvgIpc) is 2.80. The Kier molecular flexibility index (Phi) is 3.48. The Morgan fingerprint density at radius 1 is 1.05 bits per heavy atom. The van der Waals surface area contributed by atoms with Gasteiger partial charge in [0.2, 0.25) is 5.91 Å². The van der Waals surface area contributed by atoms with E-state index in [9.17, 15) is 4.79 Å². The lowest BCUT2D eigenvalue weighted by Crippen LogP contribution is -2.11. The predicted octanol–water partition coefficient (Wildman–Crippen LogP) is 4.15. The fourth-order valence-corrected chi connectivity index (χ4v) is 2.81. The van der Waals surface area contributed by atoms with Crippen molar-refractivity contribution in [3.8, 4) is 5.69 Å². The molecule has 1 amide bonds. The third kappa shape index (κ3) is 2.31. The summed E-state index contributed by atoms with van der Waals surface area (Å²) >= 11 is 0. The number of carbonyl (C=O) groups excluding carboxylic acids is 1. The first kappa shape index (κ1) is 13.4. The van der Waals surface area contributed by atoms with Crippen LogP contribution in [0.1, 0.15) is 19.4 Å². The molecule has 1 aromatic heterocycles. The van der Waals surface area contributed by atoms with E-state index in [1.807, 2.05) is 30.3 Å². The molecule has 0 spiro atoms. The fraction of sp³-hybridized carbons (Fsp3) is 0.167. The van der Waals surface area contributed by atoms with Crippen LogP contribution in [-0.2, 0) is 11.2 Å². The number of para-hydroxylation sites is 2. The Hall–Kier alpha value is -2.55. The number of aryl methyl sites for hydroxylation is 1. The highest BCUT2D eigenvalue weighted by Gasteiger charge is 2.17. The number of hydrogen-bond donors (Lipinski definition) is 1. The number of carbonyl (C=O) groups is 1. The molecule has 106 valence electrons. The van der Waals surface area contributed by atoms with Crippen molar-refractivity contribution in [2.24, 2.45) is 0 Å². The van der Waals surface area contributed by atoms with Crippen molar-refractivity contribution < 1.29 is 4.79 Å². The number of hydrogen-bond acceptors (Lipinski definition) is 1. The Morgan fingerprint density at radius 2 is 1.71 bits per heavy atom. The van der Waals surface area contributed by atoms with E-state index in [1.54, 1.807) is 6.92 Å². The molecule has 0 unspecified atom stereocenters. The van der Waals surface area contributed by atoms with Gasteiger partial charge >= 0.3 is 0 Å². The standard InChI is InChI=1S/C18H18N2O/c1-3-15-16-11-7-8-12-17(16)20(18(15)19-13(2)21)14-9-5-4-6-10-14/h4-12H,3H2,1-2H3,(H,19,21). The predicted molar refractivity (Wildman–Crippen MR) is 87.0 cm³/mol. The smallest absolute Gasteiger partial charge is 0.222 e. The molecule has 0 aliphatic heterocycles. The number of amides is 1. The summed E-state index contributed by atoms with van der Waals surface area (Å²) in [5.74, 6) is 0.821. The molecule has 21 heavy (non-hydrogen) atoms. The molecule has 3 nitrogen and oxygen atoms in total. The van der Waals surface area contributed by atoms with E-state index in [1.165, 1.54) is 10.9 Å². The maximum atomic E-state index is 11.6. The summed E-state index contributed by atoms with van der Waals surface area (Å²) in [4.78, 5) is 11.6. The first-order valence-corrected chi connectivity index (χ1v) is 7.17. The van der Waals surface area contributed by atoms with E-state index in [4.69, 9.17) is 0 Å². The summed E-state index contributed by atoms with van der Waals surface area (Å²) in [6, 6.07) is 18.4. The van der Waals surface area contributed by atoms with Crippen LogP contribution in [0.4, 0.5) is 5.82 Å². The highest BCUT2D eigenvalue weighted by atomic mass is 16.1. The van der Waals surface area contributed by atoms with Gasteiger partial charge in [-0.05, 0) is 24.6 Å². The van der Waals surface area contributed by atoms with E-state index >= 15 is 0 Å². The average molecular weight is 278 g/mol. The SMILES string of the molecule is CCc1c(NC(C)=O)n(-c2ccccc2)c2ccccc12. The summed E-state index contributed by atoms with van der Waals surface area (Å²) in [5.41, 5.74) is 3.34. The molecule has 3 heteroatoms. The van der Waals surface area contributed by atoms with Crippen LogP contribution in [0.3, 0.4) is 0 Å². The van der Waals surface area contributed by atoms with Crippen LogP contribution in [0.25, 0.3) is 16.6 Å². The quantitative estimate of drug-likeness (QED) is 0.767. The Morgan fingerprint density at radius 3 is 2.38 bits per heavy atom. The van der Waals surface area contributed by atoms with Crippen molar-refractivity contribution in [1.82, 2.24) is 4.57 Å². The molecule has 2 aromatic carbocycles. The minimum Gasteiger partial charge on any atom is -0.312 e. The number of fused-ring (bicyclic) bond motifs is 1. The van der Waals surface area contributed by atoms with Crippen LogP contribution in [0.15, 0.2) is 54.6 Å². The van der Waals surface area contributed by atoms with Gasteiger partial charge in [0, 0.05) is 23.6 Å². The zero-order valence-corrected chi connectivity index (χ0v) is 12.3. The fourth-order valence-electron chi connectivity index (χ4n) is 2.81. The molecule has 1 heterocycles. The molecule has 0 saturated heterocycles. The van der Waals surface area contributed by atoms with Gasteiger partial charge in [0.25, 0.3) is 0 Å². The Bertz CT molecular complexity index is 788. The first-order valence-electron chi connectivity index (χ1n) is 7.17. The van der Waals surface area contributed by atoms with Crippen molar-refractivity contribution in [3.05, 3.63) is 60.2 Å². The summed E-state index contributed by atoms with van der Waals surface area (Å²) in [7, 11) is 0. The number of benzene rings is 2. The highest BCUT2D eigenvalue weighted by molar-refractivity contribution is 5.97. The van der Waals surface area contributed by atoms with Gasteiger partial charge in [-0.15, -0.1) is 0 Å². The van der Waals surface area contributed by atoms with Gasteiger partial charge in [-0.3, -0.25) is 9.36 Å². The molecule has 0 atom stereocenters. The lowest BCUT2D eigenvalue weighted by Gasteiger charge is -2.12. The van der Waals surface area contributed by atoms with Gasteiger partial charge in [0.05, 0.1) is 5.52 Å². The van der Waals surface area contributed by atoms with Crippen LogP contribution in [0.5, 0.6) is 0 Å². The summed E-state index contributed by atoms with van der Waals surface area (Å²) < 4.78 is 2.12. The molecule has 0 aliphatic carbocycles. The molecule has 0 aliphatic rings. The Labute approximate surface area is 124 Å². The molecule has 3 rings (SSSR count). The normalized spacial score (nSPS) is 10.8. The van der Waals surface area contributed by atoms with E-state index in [0.717, 1.165) is 23.4 Å². The second kappa shape index (κ2) is 5.44. The van der Waals surface area contributed by atoms with Gasteiger partial charge in [0.15, 0.2) is 0 Å². The second-order valence-corrected chi connectivity index (χ2v) is 5.05. The van der Waals surface area contributed by atoms with Crippen molar-refractivity contribution in [2.75, 3.05) is 5.32 Å². The third-order valence-corrected chi connectivity index (χ3v) is 3.64. The molecular formula is C18H18N2O. The molecule has 0 bridgehead atoms. The monoisotopic (exact) mass is 278 g/mol. The van der Waals surface area contributed by atoms with Crippen molar-refractivity contribution in [1.29, 1.82) is 0 Å². The van der Waals surface area contributed by atoms with Crippen molar-refractivity contribution >= 4 is 22.6 Å². The van der Waals surface area contributed by atoms with Crippen molar-refractivity contribution in [2.45, 2.75) is 20.3 Å². The molecule has 1 N–H and O–H groups in total. The molecule has 3 aromatic rings. The van der Waals surface area contributed by atoms with Gasteiger partial charge in [-0.25, -0.2) is 0 Å². The van der Waals surface area contributed by atoms with Crippen LogP contribution >= 0.6 is 0 Å². The van der Waals surface area contributed by atoms with Gasteiger partial charge < -0.3 is 5.32 Å². The number of aromatic nitrogens is 1. The molecule has 0 saturated carbocycles. The number of nitrogens with zero attached hydrogens (tertiary/aromatic N) is 1. The number of rotatable bonds is 3. The van der Waals surface area contributed by atoms with Crippen LogP contribution in [0, 0.1) is 0 Å². The number of anilines is 1. The van der Waals surface area contributed by atoms with Gasteiger partial charge in [-0.2, -0.15) is 0 Å². The zero-order chi connectivity index (χ0) is 14.8. The largest absolute Gasteiger partial charge is 0.312 e. The van der Waals surface area contributed by atoms with E-state index in [-0.39, 0.29) is 5.91 Å². The molecule has 0 fully saturated rings. The van der Waals surface area contributed by atoms with Gasteiger partial charge in [-0.1, -0.05) is 43.3 Å². The van der Waals surface area contributed by atoms with E-state index in [2.05, 4.69) is 41.1 Å². The lowest BCUT2D eigenvalue weighted by molar-refractivity contribution is -0.114. The topological polar surface area (TPSA) is 34.0 Å². The molecular weight excluding hydrogens is 260 g/mol. The van der Waals surface area contributed by atoms with Gasteiger partial charge in [0.1, 0.15) is 5.82 Å². The highest BCUT2D eigenvalue weighted by Crippen LogP contribution is 2.33. The van der Waals surface area contributed by atoms with Crippen LogP contribution in [-0.4, -0.2) is 10.5 Å². The van der Waals surface area contributed by atoms with E-state index in [0.29, 0.717) is 0 Å². The molecule has 0 radical (unpaired) electrons. The lowest BCUT2D eigenvalue weighted by atomic mass is 10.1.